The smallest absolute Gasteiger partial charge is 0.138 e. The topological polar surface area (TPSA) is 77.0 Å². The van der Waals surface area contributed by atoms with Crippen LogP contribution in [0.25, 0.3) is 11.0 Å². The molecule has 0 saturated heterocycles. The highest BCUT2D eigenvalue weighted by Crippen LogP contribution is 2.23. The molecular formula is C15H18N4OS. The molecule has 110 valence electrons. The second kappa shape index (κ2) is 5.46. The monoisotopic (exact) mass is 302 g/mol. The Morgan fingerprint density at radius 2 is 2.19 bits per heavy atom. The Morgan fingerprint density at radius 1 is 1.38 bits per heavy atom. The zero-order chi connectivity index (χ0) is 15.0. The van der Waals surface area contributed by atoms with E-state index in [-0.39, 0.29) is 0 Å². The van der Waals surface area contributed by atoms with E-state index < -0.39 is 6.10 Å². The third kappa shape index (κ3) is 2.77. The van der Waals surface area contributed by atoms with E-state index in [1.54, 1.807) is 18.3 Å². The summed E-state index contributed by atoms with van der Waals surface area (Å²) < 4.78 is 2.05. The lowest BCUT2D eigenvalue weighted by atomic mass is 10.3. The number of anilines is 1. The average molecular weight is 302 g/mol. The van der Waals surface area contributed by atoms with Crippen molar-refractivity contribution in [1.29, 1.82) is 0 Å². The van der Waals surface area contributed by atoms with E-state index in [4.69, 9.17) is 5.73 Å². The van der Waals surface area contributed by atoms with Gasteiger partial charge in [0.15, 0.2) is 0 Å². The molecule has 2 aromatic heterocycles. The molecule has 6 heteroatoms. The fraction of sp³-hybridized carbons (Fsp3) is 0.333. The maximum atomic E-state index is 9.95. The first kappa shape index (κ1) is 14.0. The summed E-state index contributed by atoms with van der Waals surface area (Å²) in [6, 6.07) is 5.65. The van der Waals surface area contributed by atoms with Crippen molar-refractivity contribution in [2.45, 2.75) is 32.9 Å². The number of nitrogens with two attached hydrogens (primary N) is 1. The first-order valence-corrected chi connectivity index (χ1v) is 7.77. The van der Waals surface area contributed by atoms with Gasteiger partial charge in [-0.15, -0.1) is 11.3 Å². The van der Waals surface area contributed by atoms with E-state index in [9.17, 15) is 5.11 Å². The zero-order valence-electron chi connectivity index (χ0n) is 12.1. The molecule has 0 fully saturated rings. The molecule has 1 aromatic carbocycles. The van der Waals surface area contributed by atoms with Crippen molar-refractivity contribution in [3.63, 3.8) is 0 Å². The molecule has 2 heterocycles. The van der Waals surface area contributed by atoms with Crippen LogP contribution >= 0.6 is 11.3 Å². The highest BCUT2D eigenvalue weighted by atomic mass is 32.1. The second-order valence-electron chi connectivity index (χ2n) is 5.18. The van der Waals surface area contributed by atoms with E-state index in [1.807, 2.05) is 25.1 Å². The van der Waals surface area contributed by atoms with Crippen LogP contribution < -0.4 is 5.73 Å². The van der Waals surface area contributed by atoms with Crippen molar-refractivity contribution in [3.05, 3.63) is 40.1 Å². The van der Waals surface area contributed by atoms with Gasteiger partial charge in [0, 0.05) is 29.7 Å². The molecule has 0 aliphatic carbocycles. The highest BCUT2D eigenvalue weighted by molar-refractivity contribution is 7.09. The molecule has 3 aromatic rings. The van der Waals surface area contributed by atoms with Crippen LogP contribution in [0.1, 0.15) is 29.6 Å². The van der Waals surface area contributed by atoms with Crippen molar-refractivity contribution in [3.8, 4) is 0 Å². The molecule has 0 saturated carbocycles. The van der Waals surface area contributed by atoms with E-state index in [0.29, 0.717) is 11.5 Å². The number of hydrogen-bond donors (Lipinski definition) is 2. The van der Waals surface area contributed by atoms with Crippen LogP contribution in [-0.2, 0) is 13.0 Å². The van der Waals surface area contributed by atoms with E-state index >= 15 is 0 Å². The van der Waals surface area contributed by atoms with Crippen molar-refractivity contribution >= 4 is 28.1 Å². The van der Waals surface area contributed by atoms with Gasteiger partial charge in [0.05, 0.1) is 16.0 Å². The molecule has 0 aliphatic rings. The maximum Gasteiger partial charge on any atom is 0.138 e. The van der Waals surface area contributed by atoms with Gasteiger partial charge in [-0.1, -0.05) is 0 Å². The van der Waals surface area contributed by atoms with Crippen molar-refractivity contribution in [2.75, 3.05) is 5.73 Å². The summed E-state index contributed by atoms with van der Waals surface area (Å²) in [6.45, 7) is 4.47. The Hall–Kier alpha value is -1.92. The van der Waals surface area contributed by atoms with Crippen LogP contribution in [-0.4, -0.2) is 19.6 Å². The van der Waals surface area contributed by atoms with Gasteiger partial charge in [-0.05, 0) is 32.0 Å². The Bertz CT molecular complexity index is 775. The Labute approximate surface area is 127 Å². The highest BCUT2D eigenvalue weighted by Gasteiger charge is 2.15. The minimum atomic E-state index is -0.614. The van der Waals surface area contributed by atoms with Gasteiger partial charge in [-0.3, -0.25) is 0 Å². The molecule has 0 radical (unpaired) electrons. The molecule has 0 bridgehead atoms. The predicted octanol–water partition coefficient (Wildman–Crippen LogP) is 2.68. The number of nitrogens with zero attached hydrogens (tertiary/aromatic N) is 3. The van der Waals surface area contributed by atoms with E-state index in [0.717, 1.165) is 34.7 Å². The largest absolute Gasteiger partial charge is 0.399 e. The van der Waals surface area contributed by atoms with Crippen molar-refractivity contribution in [2.24, 2.45) is 0 Å². The van der Waals surface area contributed by atoms with Gasteiger partial charge in [-0.2, -0.15) is 0 Å². The number of benzene rings is 1. The molecule has 0 spiro atoms. The Kier molecular flexibility index (Phi) is 3.65. The molecule has 21 heavy (non-hydrogen) atoms. The van der Waals surface area contributed by atoms with Gasteiger partial charge in [0.25, 0.3) is 0 Å². The molecular weight excluding hydrogens is 284 g/mol. The normalized spacial score (nSPS) is 12.9. The summed E-state index contributed by atoms with van der Waals surface area (Å²) in [5.74, 6) is 0.670. The summed E-state index contributed by atoms with van der Waals surface area (Å²) in [5, 5.41) is 13.1. The molecule has 1 unspecified atom stereocenters. The van der Waals surface area contributed by atoms with Crippen LogP contribution in [0.15, 0.2) is 23.6 Å². The summed E-state index contributed by atoms with van der Waals surface area (Å²) in [6.07, 6.45) is 0.213. The molecule has 0 amide bonds. The van der Waals surface area contributed by atoms with Crippen LogP contribution in [0.4, 0.5) is 5.69 Å². The lowest BCUT2D eigenvalue weighted by Gasteiger charge is -2.10. The van der Waals surface area contributed by atoms with Gasteiger partial charge < -0.3 is 15.4 Å². The summed E-state index contributed by atoms with van der Waals surface area (Å²) in [4.78, 5) is 8.99. The lowest BCUT2D eigenvalue weighted by molar-refractivity contribution is 0.184. The lowest BCUT2D eigenvalue weighted by Crippen LogP contribution is -2.08. The van der Waals surface area contributed by atoms with Gasteiger partial charge in [0.2, 0.25) is 0 Å². The number of aromatic nitrogens is 3. The van der Waals surface area contributed by atoms with E-state index in [2.05, 4.69) is 19.9 Å². The van der Waals surface area contributed by atoms with Crippen LogP contribution in [0.2, 0.25) is 0 Å². The minimum Gasteiger partial charge on any atom is -0.399 e. The standard InChI is InChI=1S/C15H18N4OS/c1-9-8-21-14(17-9)5-6-19-13-4-3-11(16)7-12(13)18-15(19)10(2)20/h3-4,7-8,10,20H,5-6,16H2,1-2H3. The molecule has 1 atom stereocenters. The Balaban J connectivity index is 1.97. The first-order chi connectivity index (χ1) is 10.0. The predicted molar refractivity (Wildman–Crippen MR) is 85.3 cm³/mol. The molecule has 5 nitrogen and oxygen atoms in total. The molecule has 3 rings (SSSR count). The first-order valence-electron chi connectivity index (χ1n) is 6.89. The third-order valence-corrected chi connectivity index (χ3v) is 4.42. The maximum absolute atomic E-state index is 9.95. The average Bonchev–Trinajstić information content (AvgIpc) is 2.99. The zero-order valence-corrected chi connectivity index (χ0v) is 12.9. The van der Waals surface area contributed by atoms with Gasteiger partial charge >= 0.3 is 0 Å². The number of aliphatic hydroxyl groups is 1. The van der Waals surface area contributed by atoms with Crippen molar-refractivity contribution in [1.82, 2.24) is 14.5 Å². The number of hydrogen-bond acceptors (Lipinski definition) is 5. The van der Waals surface area contributed by atoms with E-state index in [1.165, 1.54) is 0 Å². The quantitative estimate of drug-likeness (QED) is 0.726. The number of aryl methyl sites for hydroxylation is 3. The van der Waals surface area contributed by atoms with Gasteiger partial charge in [0.1, 0.15) is 11.9 Å². The van der Waals surface area contributed by atoms with Gasteiger partial charge in [-0.25, -0.2) is 9.97 Å². The summed E-state index contributed by atoms with van der Waals surface area (Å²) in [7, 11) is 0. The number of aliphatic hydroxyl groups excluding tert-OH is 1. The minimum absolute atomic E-state index is 0.614. The van der Waals surface area contributed by atoms with Crippen LogP contribution in [0, 0.1) is 6.92 Å². The second-order valence-corrected chi connectivity index (χ2v) is 6.12. The number of fused-ring (bicyclic) bond motifs is 1. The number of rotatable bonds is 4. The SMILES string of the molecule is Cc1csc(CCn2c(C(C)O)nc3cc(N)ccc32)n1. The summed E-state index contributed by atoms with van der Waals surface area (Å²) >= 11 is 1.67. The van der Waals surface area contributed by atoms with Crippen LogP contribution in [0.3, 0.4) is 0 Å². The third-order valence-electron chi connectivity index (χ3n) is 3.39. The molecule has 3 N–H and O–H groups in total. The molecule has 0 aliphatic heterocycles. The fourth-order valence-corrected chi connectivity index (χ4v) is 3.21. The number of nitrogen functional groups attached to an aromatic ring is 1. The number of imidazole rings is 1. The van der Waals surface area contributed by atoms with Crippen LogP contribution in [0.5, 0.6) is 0 Å². The summed E-state index contributed by atoms with van der Waals surface area (Å²) in [5.41, 5.74) is 9.35. The Morgan fingerprint density at radius 3 is 2.86 bits per heavy atom. The fourth-order valence-electron chi connectivity index (χ4n) is 2.44. The number of thiazole rings is 1. The van der Waals surface area contributed by atoms with Crippen molar-refractivity contribution < 1.29 is 5.11 Å².